The van der Waals surface area contributed by atoms with Crippen molar-refractivity contribution in [3.05, 3.63) is 94.5 Å². The maximum Gasteiger partial charge on any atom is 0.310 e. The van der Waals surface area contributed by atoms with Gasteiger partial charge < -0.3 is 14.8 Å². The van der Waals surface area contributed by atoms with Crippen LogP contribution >= 0.6 is 11.6 Å². The summed E-state index contributed by atoms with van der Waals surface area (Å²) in [5.41, 5.74) is 2.70. The molecule has 29 heavy (non-hydrogen) atoms. The van der Waals surface area contributed by atoms with Gasteiger partial charge in [0.15, 0.2) is 0 Å². The molecule has 0 unspecified atom stereocenters. The number of nitrogens with one attached hydrogen (secondary N) is 1. The Bertz CT molecular complexity index is 988. The summed E-state index contributed by atoms with van der Waals surface area (Å²) in [6.07, 6.45) is 0.0568. The summed E-state index contributed by atoms with van der Waals surface area (Å²) in [5.74, 6) is -0.00982. The molecule has 0 aliphatic heterocycles. The van der Waals surface area contributed by atoms with Crippen molar-refractivity contribution in [1.82, 2.24) is 0 Å². The molecule has 0 aliphatic rings. The molecule has 148 valence electrons. The molecule has 1 N–H and O–H groups in total. The Kier molecular flexibility index (Phi) is 6.87. The lowest BCUT2D eigenvalue weighted by Crippen LogP contribution is -2.12. The molecule has 0 radical (unpaired) electrons. The van der Waals surface area contributed by atoms with Gasteiger partial charge in [0.05, 0.1) is 13.5 Å². The average Bonchev–Trinajstić information content (AvgIpc) is 2.73. The van der Waals surface area contributed by atoms with Crippen LogP contribution < -0.4 is 10.1 Å². The molecule has 1 amide bonds. The second-order valence-electron chi connectivity index (χ2n) is 6.31. The number of para-hydroxylation sites is 1. The SMILES string of the molecule is COc1ccc(Cl)cc1CC(=O)OCc1ccc(C(=O)Nc2ccccc2)cc1. The third-order valence-corrected chi connectivity index (χ3v) is 4.46. The van der Waals surface area contributed by atoms with Crippen LogP contribution in [0.4, 0.5) is 5.69 Å². The second kappa shape index (κ2) is 9.75. The quantitative estimate of drug-likeness (QED) is 0.564. The molecule has 0 aliphatic carbocycles. The van der Waals surface area contributed by atoms with E-state index >= 15 is 0 Å². The summed E-state index contributed by atoms with van der Waals surface area (Å²) in [5, 5.41) is 3.35. The van der Waals surface area contributed by atoms with Crippen LogP contribution in [-0.2, 0) is 22.6 Å². The Labute approximate surface area is 174 Å². The number of anilines is 1. The third-order valence-electron chi connectivity index (χ3n) is 4.22. The van der Waals surface area contributed by atoms with Gasteiger partial charge in [-0.3, -0.25) is 9.59 Å². The smallest absolute Gasteiger partial charge is 0.310 e. The van der Waals surface area contributed by atoms with Crippen LogP contribution in [0.25, 0.3) is 0 Å². The minimum atomic E-state index is -0.392. The van der Waals surface area contributed by atoms with Crippen LogP contribution in [0.1, 0.15) is 21.5 Å². The summed E-state index contributed by atoms with van der Waals surface area (Å²) in [7, 11) is 1.54. The molecule has 3 aromatic carbocycles. The van der Waals surface area contributed by atoms with E-state index in [9.17, 15) is 9.59 Å². The summed E-state index contributed by atoms with van der Waals surface area (Å²) in [4.78, 5) is 24.4. The molecule has 3 rings (SSSR count). The van der Waals surface area contributed by atoms with Gasteiger partial charge >= 0.3 is 5.97 Å². The van der Waals surface area contributed by atoms with Crippen molar-refractivity contribution in [3.8, 4) is 5.75 Å². The number of benzene rings is 3. The lowest BCUT2D eigenvalue weighted by atomic mass is 10.1. The van der Waals surface area contributed by atoms with Crippen LogP contribution in [0.5, 0.6) is 5.75 Å². The van der Waals surface area contributed by atoms with Crippen molar-refractivity contribution in [2.24, 2.45) is 0 Å². The molecule has 0 fully saturated rings. The van der Waals surface area contributed by atoms with Gasteiger partial charge in [-0.1, -0.05) is 41.9 Å². The van der Waals surface area contributed by atoms with E-state index in [0.29, 0.717) is 21.9 Å². The monoisotopic (exact) mass is 409 g/mol. The first-order valence-electron chi connectivity index (χ1n) is 8.98. The molecule has 3 aromatic rings. The van der Waals surface area contributed by atoms with Gasteiger partial charge in [-0.05, 0) is 48.0 Å². The van der Waals surface area contributed by atoms with Gasteiger partial charge in [0.2, 0.25) is 0 Å². The first kappa shape index (κ1) is 20.4. The van der Waals surface area contributed by atoms with Gasteiger partial charge in [0, 0.05) is 21.8 Å². The largest absolute Gasteiger partial charge is 0.496 e. The lowest BCUT2D eigenvalue weighted by molar-refractivity contribution is -0.144. The number of halogens is 1. The molecule has 0 saturated carbocycles. The number of rotatable bonds is 7. The Morgan fingerprint density at radius 3 is 2.38 bits per heavy atom. The van der Waals surface area contributed by atoms with Gasteiger partial charge in [0.1, 0.15) is 12.4 Å². The second-order valence-corrected chi connectivity index (χ2v) is 6.75. The number of hydrogen-bond acceptors (Lipinski definition) is 4. The standard InChI is InChI=1S/C23H20ClNO4/c1-28-21-12-11-19(24)13-18(21)14-22(26)29-15-16-7-9-17(10-8-16)23(27)25-20-5-3-2-4-6-20/h2-13H,14-15H2,1H3,(H,25,27). The Morgan fingerprint density at radius 1 is 0.966 bits per heavy atom. The number of ether oxygens (including phenoxy) is 2. The number of amides is 1. The predicted octanol–water partition coefficient (Wildman–Crippen LogP) is 4.89. The molecule has 6 heteroatoms. The molecule has 0 spiro atoms. The zero-order valence-corrected chi connectivity index (χ0v) is 16.6. The molecule has 5 nitrogen and oxygen atoms in total. The number of carbonyl (C=O) groups excluding carboxylic acids is 2. The van der Waals surface area contributed by atoms with Crippen LogP contribution in [0, 0.1) is 0 Å². The van der Waals surface area contributed by atoms with Crippen molar-refractivity contribution in [2.45, 2.75) is 13.0 Å². The van der Waals surface area contributed by atoms with Gasteiger partial charge in [0.25, 0.3) is 5.91 Å². The summed E-state index contributed by atoms with van der Waals surface area (Å²) < 4.78 is 10.6. The predicted molar refractivity (Wildman–Crippen MR) is 112 cm³/mol. The van der Waals surface area contributed by atoms with Crippen molar-refractivity contribution < 1.29 is 19.1 Å². The van der Waals surface area contributed by atoms with Gasteiger partial charge in [-0.25, -0.2) is 0 Å². The van der Waals surface area contributed by atoms with Crippen molar-refractivity contribution in [2.75, 3.05) is 12.4 Å². The normalized spacial score (nSPS) is 10.3. The van der Waals surface area contributed by atoms with E-state index in [2.05, 4.69) is 5.32 Å². The maximum atomic E-state index is 12.3. The van der Waals surface area contributed by atoms with E-state index in [0.717, 1.165) is 11.3 Å². The van der Waals surface area contributed by atoms with E-state index in [1.54, 1.807) is 42.5 Å². The highest BCUT2D eigenvalue weighted by Gasteiger charge is 2.11. The van der Waals surface area contributed by atoms with Gasteiger partial charge in [-0.15, -0.1) is 0 Å². The molecular formula is C23H20ClNO4. The average molecular weight is 410 g/mol. The van der Waals surface area contributed by atoms with Crippen molar-refractivity contribution in [3.63, 3.8) is 0 Å². The molecule has 0 saturated heterocycles. The zero-order valence-electron chi connectivity index (χ0n) is 15.9. The minimum Gasteiger partial charge on any atom is -0.496 e. The topological polar surface area (TPSA) is 64.6 Å². The molecular weight excluding hydrogens is 390 g/mol. The first-order valence-corrected chi connectivity index (χ1v) is 9.36. The van der Waals surface area contributed by atoms with E-state index in [1.165, 1.54) is 7.11 Å². The van der Waals surface area contributed by atoms with E-state index < -0.39 is 5.97 Å². The first-order chi connectivity index (χ1) is 14.0. The van der Waals surface area contributed by atoms with Crippen LogP contribution in [0.15, 0.2) is 72.8 Å². The van der Waals surface area contributed by atoms with Crippen molar-refractivity contribution in [1.29, 1.82) is 0 Å². The number of esters is 1. The zero-order chi connectivity index (χ0) is 20.6. The maximum absolute atomic E-state index is 12.3. The number of hydrogen-bond donors (Lipinski definition) is 1. The Morgan fingerprint density at radius 2 is 1.69 bits per heavy atom. The van der Waals surface area contributed by atoms with Crippen LogP contribution in [-0.4, -0.2) is 19.0 Å². The number of methoxy groups -OCH3 is 1. The van der Waals surface area contributed by atoms with E-state index in [4.69, 9.17) is 21.1 Å². The highest BCUT2D eigenvalue weighted by molar-refractivity contribution is 6.30. The highest BCUT2D eigenvalue weighted by Crippen LogP contribution is 2.23. The summed E-state index contributed by atoms with van der Waals surface area (Å²) >= 11 is 5.98. The van der Waals surface area contributed by atoms with Crippen LogP contribution in [0.3, 0.4) is 0 Å². The summed E-state index contributed by atoms with van der Waals surface area (Å²) in [6.45, 7) is 0.113. The van der Waals surface area contributed by atoms with Crippen molar-refractivity contribution >= 4 is 29.2 Å². The summed E-state index contributed by atoms with van der Waals surface area (Å²) in [6, 6.07) is 21.2. The molecule has 0 aromatic heterocycles. The van der Waals surface area contributed by atoms with Gasteiger partial charge in [-0.2, -0.15) is 0 Å². The Hall–Kier alpha value is -3.31. The molecule has 0 bridgehead atoms. The Balaban J connectivity index is 1.54. The lowest BCUT2D eigenvalue weighted by Gasteiger charge is -2.10. The molecule has 0 heterocycles. The van der Waals surface area contributed by atoms with E-state index in [1.807, 2.05) is 30.3 Å². The van der Waals surface area contributed by atoms with E-state index in [-0.39, 0.29) is 18.9 Å². The fourth-order valence-electron chi connectivity index (χ4n) is 2.73. The minimum absolute atomic E-state index is 0.0568. The number of carbonyl (C=O) groups is 2. The highest BCUT2D eigenvalue weighted by atomic mass is 35.5. The van der Waals surface area contributed by atoms with Crippen LogP contribution in [0.2, 0.25) is 5.02 Å². The third kappa shape index (κ3) is 5.83. The fourth-order valence-corrected chi connectivity index (χ4v) is 2.93. The fraction of sp³-hybridized carbons (Fsp3) is 0.130. The molecule has 0 atom stereocenters.